The molecule has 1 heterocycles. The van der Waals surface area contributed by atoms with Crippen LogP contribution in [0.15, 0.2) is 24.3 Å². The van der Waals surface area contributed by atoms with Crippen LogP contribution in [-0.2, 0) is 4.79 Å². The van der Waals surface area contributed by atoms with Crippen LogP contribution >= 0.6 is 0 Å². The van der Waals surface area contributed by atoms with Crippen molar-refractivity contribution in [3.63, 3.8) is 0 Å². The number of nitrogens with zero attached hydrogens (tertiary/aromatic N) is 2. The second kappa shape index (κ2) is 6.45. The Morgan fingerprint density at radius 2 is 2.11 bits per heavy atom. The minimum absolute atomic E-state index is 0.230. The molecule has 0 radical (unpaired) electrons. The molecule has 2 N–H and O–H groups in total. The zero-order chi connectivity index (χ0) is 13.7. The summed E-state index contributed by atoms with van der Waals surface area (Å²) in [5.74, 6) is 0.230. The van der Waals surface area contributed by atoms with Gasteiger partial charge in [-0.25, -0.2) is 0 Å². The first-order chi connectivity index (χ1) is 9.20. The van der Waals surface area contributed by atoms with Crippen molar-refractivity contribution in [3.8, 4) is 0 Å². The number of likely N-dealkylation sites (tertiary alicyclic amines) is 1. The molecule has 2 rings (SSSR count). The van der Waals surface area contributed by atoms with E-state index in [-0.39, 0.29) is 5.91 Å². The minimum Gasteiger partial charge on any atom is -0.399 e. The number of carbonyl (C=O) groups excluding carboxylic acids is 1. The summed E-state index contributed by atoms with van der Waals surface area (Å²) in [4.78, 5) is 16.3. The van der Waals surface area contributed by atoms with Crippen molar-refractivity contribution >= 4 is 17.3 Å². The Hall–Kier alpha value is -1.71. The van der Waals surface area contributed by atoms with Gasteiger partial charge in [-0.05, 0) is 37.5 Å². The number of anilines is 2. The van der Waals surface area contributed by atoms with Crippen LogP contribution in [0, 0.1) is 0 Å². The Morgan fingerprint density at radius 3 is 2.74 bits per heavy atom. The van der Waals surface area contributed by atoms with E-state index in [0.29, 0.717) is 6.54 Å². The molecular formula is C15H23N3O. The van der Waals surface area contributed by atoms with Gasteiger partial charge in [-0.15, -0.1) is 0 Å². The van der Waals surface area contributed by atoms with Gasteiger partial charge >= 0.3 is 0 Å². The molecule has 0 atom stereocenters. The Balaban J connectivity index is 2.05. The molecule has 0 spiro atoms. The van der Waals surface area contributed by atoms with Crippen molar-refractivity contribution in [1.29, 1.82) is 0 Å². The Labute approximate surface area is 115 Å². The summed E-state index contributed by atoms with van der Waals surface area (Å²) >= 11 is 0. The molecule has 1 amide bonds. The lowest BCUT2D eigenvalue weighted by Crippen LogP contribution is -2.39. The van der Waals surface area contributed by atoms with Gasteiger partial charge in [0.05, 0.1) is 6.54 Å². The normalized spacial score (nSPS) is 14.7. The van der Waals surface area contributed by atoms with Crippen LogP contribution in [0.2, 0.25) is 0 Å². The van der Waals surface area contributed by atoms with Crippen molar-refractivity contribution in [2.45, 2.75) is 26.2 Å². The summed E-state index contributed by atoms with van der Waals surface area (Å²) in [6.07, 6.45) is 3.29. The van der Waals surface area contributed by atoms with E-state index in [9.17, 15) is 4.79 Å². The van der Waals surface area contributed by atoms with Crippen molar-refractivity contribution in [2.75, 3.05) is 36.8 Å². The number of benzene rings is 1. The van der Waals surface area contributed by atoms with Gasteiger partial charge in [0, 0.05) is 31.0 Å². The van der Waals surface area contributed by atoms with Crippen molar-refractivity contribution in [2.24, 2.45) is 0 Å². The summed E-state index contributed by atoms with van der Waals surface area (Å²) < 4.78 is 0. The van der Waals surface area contributed by atoms with E-state index < -0.39 is 0 Å². The quantitative estimate of drug-likeness (QED) is 0.826. The number of nitrogens with two attached hydrogens (primary N) is 1. The standard InChI is InChI=1S/C15H23N3O/c1-2-8-18(14-7-5-6-13(16)11-14)12-15(19)17-9-3-4-10-17/h5-7,11H,2-4,8-10,12,16H2,1H3. The first-order valence-corrected chi connectivity index (χ1v) is 7.09. The van der Waals surface area contributed by atoms with E-state index in [1.165, 1.54) is 0 Å². The maximum Gasteiger partial charge on any atom is 0.242 e. The molecule has 1 aliphatic heterocycles. The van der Waals surface area contributed by atoms with Crippen LogP contribution in [-0.4, -0.2) is 37.0 Å². The SMILES string of the molecule is CCCN(CC(=O)N1CCCC1)c1cccc(N)c1. The van der Waals surface area contributed by atoms with Gasteiger partial charge in [-0.3, -0.25) is 4.79 Å². The van der Waals surface area contributed by atoms with E-state index in [4.69, 9.17) is 5.73 Å². The lowest BCUT2D eigenvalue weighted by atomic mass is 10.2. The molecule has 0 aliphatic carbocycles. The maximum absolute atomic E-state index is 12.2. The van der Waals surface area contributed by atoms with Crippen LogP contribution in [0.1, 0.15) is 26.2 Å². The highest BCUT2D eigenvalue weighted by Gasteiger charge is 2.20. The third-order valence-electron chi connectivity index (χ3n) is 3.51. The fourth-order valence-electron chi connectivity index (χ4n) is 2.52. The molecule has 1 aromatic rings. The zero-order valence-electron chi connectivity index (χ0n) is 11.6. The topological polar surface area (TPSA) is 49.6 Å². The Morgan fingerprint density at radius 1 is 1.37 bits per heavy atom. The fraction of sp³-hybridized carbons (Fsp3) is 0.533. The first kappa shape index (κ1) is 13.7. The highest BCUT2D eigenvalue weighted by molar-refractivity contribution is 5.82. The largest absolute Gasteiger partial charge is 0.399 e. The molecule has 104 valence electrons. The minimum atomic E-state index is 0.230. The first-order valence-electron chi connectivity index (χ1n) is 7.09. The number of amides is 1. The molecule has 1 aliphatic rings. The molecule has 0 saturated carbocycles. The van der Waals surface area contributed by atoms with E-state index in [1.54, 1.807) is 0 Å². The highest BCUT2D eigenvalue weighted by Crippen LogP contribution is 2.18. The molecule has 1 fully saturated rings. The van der Waals surface area contributed by atoms with E-state index >= 15 is 0 Å². The number of hydrogen-bond acceptors (Lipinski definition) is 3. The number of rotatable bonds is 5. The number of nitrogen functional groups attached to an aromatic ring is 1. The Bertz CT molecular complexity index is 427. The average Bonchev–Trinajstić information content (AvgIpc) is 2.92. The molecule has 4 nitrogen and oxygen atoms in total. The summed E-state index contributed by atoms with van der Waals surface area (Å²) in [5, 5.41) is 0. The van der Waals surface area contributed by atoms with Gasteiger partial charge in [0.15, 0.2) is 0 Å². The zero-order valence-corrected chi connectivity index (χ0v) is 11.6. The average molecular weight is 261 g/mol. The van der Waals surface area contributed by atoms with Crippen LogP contribution < -0.4 is 10.6 Å². The van der Waals surface area contributed by atoms with Gasteiger partial charge in [-0.1, -0.05) is 13.0 Å². The van der Waals surface area contributed by atoms with Gasteiger partial charge in [-0.2, -0.15) is 0 Å². The predicted molar refractivity (Wildman–Crippen MR) is 79.2 cm³/mol. The number of carbonyl (C=O) groups is 1. The van der Waals surface area contributed by atoms with Crippen molar-refractivity contribution in [1.82, 2.24) is 4.90 Å². The second-order valence-electron chi connectivity index (χ2n) is 5.10. The lowest BCUT2D eigenvalue weighted by Gasteiger charge is -2.26. The second-order valence-corrected chi connectivity index (χ2v) is 5.10. The Kier molecular flexibility index (Phi) is 4.66. The van der Waals surface area contributed by atoms with E-state index in [2.05, 4.69) is 11.8 Å². The molecule has 4 heteroatoms. The maximum atomic E-state index is 12.2. The van der Waals surface area contributed by atoms with Gasteiger partial charge in [0.25, 0.3) is 0 Å². The number of hydrogen-bond donors (Lipinski definition) is 1. The monoisotopic (exact) mass is 261 g/mol. The van der Waals surface area contributed by atoms with E-state index in [0.717, 1.165) is 50.3 Å². The van der Waals surface area contributed by atoms with Crippen LogP contribution in [0.5, 0.6) is 0 Å². The molecule has 0 unspecified atom stereocenters. The fourth-order valence-corrected chi connectivity index (χ4v) is 2.52. The van der Waals surface area contributed by atoms with E-state index in [1.807, 2.05) is 29.2 Å². The van der Waals surface area contributed by atoms with Crippen molar-refractivity contribution < 1.29 is 4.79 Å². The molecule has 0 bridgehead atoms. The third-order valence-corrected chi connectivity index (χ3v) is 3.51. The summed E-state index contributed by atoms with van der Waals surface area (Å²) in [6.45, 7) is 5.28. The summed E-state index contributed by atoms with van der Waals surface area (Å²) in [7, 11) is 0. The smallest absolute Gasteiger partial charge is 0.242 e. The van der Waals surface area contributed by atoms with Crippen molar-refractivity contribution in [3.05, 3.63) is 24.3 Å². The lowest BCUT2D eigenvalue weighted by molar-refractivity contribution is -0.128. The third kappa shape index (κ3) is 3.63. The van der Waals surface area contributed by atoms with Crippen LogP contribution in [0.3, 0.4) is 0 Å². The highest BCUT2D eigenvalue weighted by atomic mass is 16.2. The summed E-state index contributed by atoms with van der Waals surface area (Å²) in [6, 6.07) is 7.76. The van der Waals surface area contributed by atoms with Crippen LogP contribution in [0.25, 0.3) is 0 Å². The van der Waals surface area contributed by atoms with Gasteiger partial charge < -0.3 is 15.5 Å². The summed E-state index contributed by atoms with van der Waals surface area (Å²) in [5.41, 5.74) is 7.60. The molecule has 19 heavy (non-hydrogen) atoms. The van der Waals surface area contributed by atoms with Crippen LogP contribution in [0.4, 0.5) is 11.4 Å². The molecule has 1 saturated heterocycles. The van der Waals surface area contributed by atoms with Gasteiger partial charge in [0.2, 0.25) is 5.91 Å². The molecule has 0 aromatic heterocycles. The molecule has 1 aromatic carbocycles. The van der Waals surface area contributed by atoms with Gasteiger partial charge in [0.1, 0.15) is 0 Å². The predicted octanol–water partition coefficient (Wildman–Crippen LogP) is 2.11. The molecular weight excluding hydrogens is 238 g/mol.